The van der Waals surface area contributed by atoms with Gasteiger partial charge in [-0.05, 0) is 68.2 Å². The summed E-state index contributed by atoms with van der Waals surface area (Å²) in [6, 6.07) is 7.62. The third-order valence-corrected chi connectivity index (χ3v) is 4.44. The Labute approximate surface area is 123 Å². The third-order valence-electron chi connectivity index (χ3n) is 4.44. The summed E-state index contributed by atoms with van der Waals surface area (Å²) in [5.74, 6) is -0.218. The molecule has 1 aliphatic rings. The van der Waals surface area contributed by atoms with Crippen LogP contribution in [-0.2, 0) is 9.31 Å². The molecule has 21 heavy (non-hydrogen) atoms. The number of benzene rings is 2. The van der Waals surface area contributed by atoms with Crippen LogP contribution in [0.5, 0.6) is 5.75 Å². The maximum Gasteiger partial charge on any atom is 0.495 e. The highest BCUT2D eigenvalue weighted by Crippen LogP contribution is 2.37. The molecular weight excluding hydrogens is 270 g/mol. The second kappa shape index (κ2) is 4.45. The largest absolute Gasteiger partial charge is 0.508 e. The van der Waals surface area contributed by atoms with Crippen LogP contribution in [0.15, 0.2) is 30.3 Å². The van der Waals surface area contributed by atoms with Crippen LogP contribution in [0.4, 0.5) is 4.39 Å². The fourth-order valence-electron chi connectivity index (χ4n) is 2.51. The second-order valence-corrected chi connectivity index (χ2v) is 6.49. The summed E-state index contributed by atoms with van der Waals surface area (Å²) in [7, 11) is -0.633. The van der Waals surface area contributed by atoms with E-state index in [1.165, 1.54) is 12.1 Å². The normalized spacial score (nSPS) is 20.1. The lowest BCUT2D eigenvalue weighted by Gasteiger charge is -2.32. The predicted molar refractivity (Wildman–Crippen MR) is 81.3 cm³/mol. The highest BCUT2D eigenvalue weighted by Gasteiger charge is 2.52. The molecular formula is C16H18BFO3. The van der Waals surface area contributed by atoms with E-state index in [9.17, 15) is 9.50 Å². The van der Waals surface area contributed by atoms with Gasteiger partial charge in [-0.15, -0.1) is 0 Å². The van der Waals surface area contributed by atoms with E-state index >= 15 is 0 Å². The summed E-state index contributed by atoms with van der Waals surface area (Å²) >= 11 is 0. The van der Waals surface area contributed by atoms with E-state index < -0.39 is 18.3 Å². The van der Waals surface area contributed by atoms with E-state index in [4.69, 9.17) is 9.31 Å². The van der Waals surface area contributed by atoms with Crippen LogP contribution in [0, 0.1) is 5.82 Å². The fourth-order valence-corrected chi connectivity index (χ4v) is 2.51. The molecule has 2 aromatic rings. The van der Waals surface area contributed by atoms with Crippen LogP contribution in [0.3, 0.4) is 0 Å². The van der Waals surface area contributed by atoms with Crippen molar-refractivity contribution in [3.63, 3.8) is 0 Å². The summed E-state index contributed by atoms with van der Waals surface area (Å²) in [6.07, 6.45) is 0. The maximum atomic E-state index is 13.6. The Morgan fingerprint density at radius 3 is 2.24 bits per heavy atom. The molecule has 0 saturated carbocycles. The van der Waals surface area contributed by atoms with E-state index in [1.54, 1.807) is 18.2 Å². The zero-order valence-corrected chi connectivity index (χ0v) is 12.6. The molecule has 110 valence electrons. The van der Waals surface area contributed by atoms with Gasteiger partial charge in [0.15, 0.2) is 0 Å². The molecule has 1 N–H and O–H groups in total. The highest BCUT2D eigenvalue weighted by molar-refractivity contribution is 6.65. The van der Waals surface area contributed by atoms with Crippen molar-refractivity contribution in [2.45, 2.75) is 38.9 Å². The molecule has 1 fully saturated rings. The average Bonchev–Trinajstić information content (AvgIpc) is 2.58. The minimum atomic E-state index is -0.633. The van der Waals surface area contributed by atoms with Crippen molar-refractivity contribution in [1.29, 1.82) is 0 Å². The molecule has 1 aliphatic heterocycles. The Hall–Kier alpha value is -1.59. The molecule has 0 radical (unpaired) electrons. The van der Waals surface area contributed by atoms with Crippen molar-refractivity contribution in [1.82, 2.24) is 0 Å². The SMILES string of the molecule is CC1(C)OB(c2cc(O)cc3ccc(F)cc23)OC1(C)C. The Morgan fingerprint density at radius 1 is 1.00 bits per heavy atom. The third kappa shape index (κ3) is 2.30. The molecule has 0 aliphatic carbocycles. The van der Waals surface area contributed by atoms with E-state index in [-0.39, 0.29) is 11.6 Å². The Kier molecular flexibility index (Phi) is 3.04. The number of fused-ring (bicyclic) bond motifs is 1. The number of phenols is 1. The lowest BCUT2D eigenvalue weighted by molar-refractivity contribution is 0.00578. The van der Waals surface area contributed by atoms with Crippen molar-refractivity contribution in [3.8, 4) is 5.75 Å². The monoisotopic (exact) mass is 288 g/mol. The van der Waals surface area contributed by atoms with Gasteiger partial charge < -0.3 is 14.4 Å². The van der Waals surface area contributed by atoms with Gasteiger partial charge in [-0.3, -0.25) is 0 Å². The summed E-state index contributed by atoms with van der Waals surface area (Å²) in [5.41, 5.74) is -0.325. The summed E-state index contributed by atoms with van der Waals surface area (Å²) in [4.78, 5) is 0. The topological polar surface area (TPSA) is 38.7 Å². The van der Waals surface area contributed by atoms with E-state index in [0.717, 1.165) is 5.39 Å². The maximum absolute atomic E-state index is 13.6. The van der Waals surface area contributed by atoms with Gasteiger partial charge in [0.25, 0.3) is 0 Å². The van der Waals surface area contributed by atoms with Crippen LogP contribution >= 0.6 is 0 Å². The number of halogens is 1. The van der Waals surface area contributed by atoms with Crippen molar-refractivity contribution < 1.29 is 18.8 Å². The first-order chi connectivity index (χ1) is 9.69. The van der Waals surface area contributed by atoms with Gasteiger partial charge in [-0.1, -0.05) is 6.07 Å². The number of phenolic OH excluding ortho intramolecular Hbond substituents is 1. The van der Waals surface area contributed by atoms with Crippen LogP contribution in [-0.4, -0.2) is 23.4 Å². The van der Waals surface area contributed by atoms with E-state index in [0.29, 0.717) is 10.8 Å². The number of hydrogen-bond acceptors (Lipinski definition) is 3. The van der Waals surface area contributed by atoms with Gasteiger partial charge in [-0.25, -0.2) is 4.39 Å². The lowest BCUT2D eigenvalue weighted by atomic mass is 9.76. The van der Waals surface area contributed by atoms with Crippen LogP contribution in [0.25, 0.3) is 10.8 Å². The van der Waals surface area contributed by atoms with Gasteiger partial charge in [-0.2, -0.15) is 0 Å². The van der Waals surface area contributed by atoms with Crippen molar-refractivity contribution >= 4 is 23.4 Å². The fraction of sp³-hybridized carbons (Fsp3) is 0.375. The Balaban J connectivity index is 2.15. The van der Waals surface area contributed by atoms with Gasteiger partial charge >= 0.3 is 7.12 Å². The smallest absolute Gasteiger partial charge is 0.495 e. The summed E-state index contributed by atoms with van der Waals surface area (Å²) in [5, 5.41) is 11.3. The van der Waals surface area contributed by atoms with Gasteiger partial charge in [0, 0.05) is 0 Å². The minimum Gasteiger partial charge on any atom is -0.508 e. The van der Waals surface area contributed by atoms with Gasteiger partial charge in [0.2, 0.25) is 0 Å². The zero-order chi connectivity index (χ0) is 15.4. The van der Waals surface area contributed by atoms with E-state index in [1.807, 2.05) is 27.7 Å². The molecule has 1 saturated heterocycles. The average molecular weight is 288 g/mol. The number of aromatic hydroxyl groups is 1. The summed E-state index contributed by atoms with van der Waals surface area (Å²) < 4.78 is 25.6. The molecule has 2 aromatic carbocycles. The van der Waals surface area contributed by atoms with Gasteiger partial charge in [0.1, 0.15) is 11.6 Å². The second-order valence-electron chi connectivity index (χ2n) is 6.49. The molecule has 3 rings (SSSR count). The molecule has 0 unspecified atom stereocenters. The van der Waals surface area contributed by atoms with Crippen LogP contribution in [0.2, 0.25) is 0 Å². The van der Waals surface area contributed by atoms with Crippen molar-refractivity contribution in [2.75, 3.05) is 0 Å². The summed E-state index contributed by atoms with van der Waals surface area (Å²) in [6.45, 7) is 7.83. The first kappa shape index (κ1) is 14.4. The molecule has 0 bridgehead atoms. The molecule has 0 aromatic heterocycles. The molecule has 1 heterocycles. The Morgan fingerprint density at radius 2 is 1.62 bits per heavy atom. The first-order valence-corrected chi connectivity index (χ1v) is 6.97. The van der Waals surface area contributed by atoms with Gasteiger partial charge in [0.05, 0.1) is 11.2 Å². The minimum absolute atomic E-state index is 0.110. The standard InChI is InChI=1S/C16H18BFO3/c1-15(2)16(3,4)21-17(20-15)14-9-12(19)7-10-5-6-11(18)8-13(10)14/h5-9,19H,1-4H3. The molecule has 0 atom stereocenters. The van der Waals surface area contributed by atoms with Crippen LogP contribution in [0.1, 0.15) is 27.7 Å². The first-order valence-electron chi connectivity index (χ1n) is 6.97. The zero-order valence-electron chi connectivity index (χ0n) is 12.6. The lowest BCUT2D eigenvalue weighted by Crippen LogP contribution is -2.41. The predicted octanol–water partition coefficient (Wildman–Crippen LogP) is 2.98. The van der Waals surface area contributed by atoms with E-state index in [2.05, 4.69) is 0 Å². The van der Waals surface area contributed by atoms with Crippen molar-refractivity contribution in [3.05, 3.63) is 36.1 Å². The molecule has 3 nitrogen and oxygen atoms in total. The quantitative estimate of drug-likeness (QED) is 0.820. The molecule has 0 amide bonds. The highest BCUT2D eigenvalue weighted by atomic mass is 19.1. The number of rotatable bonds is 1. The Bertz CT molecular complexity index is 696. The number of hydrogen-bond donors (Lipinski definition) is 1. The van der Waals surface area contributed by atoms with Crippen molar-refractivity contribution in [2.24, 2.45) is 0 Å². The molecule has 5 heteroatoms. The van der Waals surface area contributed by atoms with Crippen LogP contribution < -0.4 is 5.46 Å². The molecule has 0 spiro atoms.